The summed E-state index contributed by atoms with van der Waals surface area (Å²) in [5, 5.41) is 3.41. The van der Waals surface area contributed by atoms with Crippen molar-refractivity contribution in [3.63, 3.8) is 0 Å². The molecule has 2 rings (SSSR count). The SMILES string of the molecule is CNC1CCC(CN(C)CCc2ccccc2)CC1. The number of hydrogen-bond acceptors (Lipinski definition) is 2. The van der Waals surface area contributed by atoms with Crippen molar-refractivity contribution in [2.24, 2.45) is 5.92 Å². The van der Waals surface area contributed by atoms with Crippen LogP contribution in [0.1, 0.15) is 31.2 Å². The van der Waals surface area contributed by atoms with Gasteiger partial charge in [0.1, 0.15) is 0 Å². The van der Waals surface area contributed by atoms with Gasteiger partial charge in [-0.05, 0) is 57.7 Å². The summed E-state index contributed by atoms with van der Waals surface area (Å²) >= 11 is 0. The van der Waals surface area contributed by atoms with Crippen molar-refractivity contribution in [1.82, 2.24) is 10.2 Å². The molecular formula is C17H28N2. The van der Waals surface area contributed by atoms with Gasteiger partial charge in [0.15, 0.2) is 0 Å². The molecule has 0 atom stereocenters. The van der Waals surface area contributed by atoms with E-state index in [1.165, 1.54) is 50.8 Å². The Morgan fingerprint density at radius 1 is 1.11 bits per heavy atom. The minimum absolute atomic E-state index is 0.769. The summed E-state index contributed by atoms with van der Waals surface area (Å²) in [7, 11) is 4.37. The van der Waals surface area contributed by atoms with Crippen LogP contribution in [0.15, 0.2) is 30.3 Å². The van der Waals surface area contributed by atoms with E-state index in [-0.39, 0.29) is 0 Å². The molecule has 1 aliphatic rings. The van der Waals surface area contributed by atoms with E-state index >= 15 is 0 Å². The predicted octanol–water partition coefficient (Wildman–Crippen LogP) is 2.94. The summed E-state index contributed by atoms with van der Waals surface area (Å²) in [4.78, 5) is 2.51. The third kappa shape index (κ3) is 4.96. The summed E-state index contributed by atoms with van der Waals surface area (Å²) in [5.74, 6) is 0.908. The van der Waals surface area contributed by atoms with Crippen molar-refractivity contribution in [1.29, 1.82) is 0 Å². The van der Waals surface area contributed by atoms with Gasteiger partial charge in [-0.25, -0.2) is 0 Å². The van der Waals surface area contributed by atoms with Gasteiger partial charge in [-0.1, -0.05) is 30.3 Å². The Labute approximate surface area is 118 Å². The first kappa shape index (κ1) is 14.5. The molecule has 0 saturated heterocycles. The second-order valence-electron chi connectivity index (χ2n) is 6.00. The first-order valence-corrected chi connectivity index (χ1v) is 7.67. The van der Waals surface area contributed by atoms with Crippen LogP contribution in [0, 0.1) is 5.92 Å². The molecule has 1 fully saturated rings. The van der Waals surface area contributed by atoms with Crippen molar-refractivity contribution in [3.05, 3.63) is 35.9 Å². The zero-order chi connectivity index (χ0) is 13.5. The smallest absolute Gasteiger partial charge is 0.00642 e. The molecule has 0 unspecified atom stereocenters. The van der Waals surface area contributed by atoms with E-state index in [2.05, 4.69) is 54.6 Å². The number of rotatable bonds is 6. The van der Waals surface area contributed by atoms with E-state index in [4.69, 9.17) is 0 Å². The average molecular weight is 260 g/mol. The van der Waals surface area contributed by atoms with Gasteiger partial charge in [0.25, 0.3) is 0 Å². The molecule has 0 bridgehead atoms. The van der Waals surface area contributed by atoms with Gasteiger partial charge in [0.2, 0.25) is 0 Å². The van der Waals surface area contributed by atoms with Gasteiger partial charge in [0.05, 0.1) is 0 Å². The maximum atomic E-state index is 3.41. The third-order valence-electron chi connectivity index (χ3n) is 4.45. The van der Waals surface area contributed by atoms with Crippen LogP contribution in [0.5, 0.6) is 0 Å². The lowest BCUT2D eigenvalue weighted by Crippen LogP contribution is -2.35. The predicted molar refractivity (Wildman–Crippen MR) is 82.4 cm³/mol. The monoisotopic (exact) mass is 260 g/mol. The van der Waals surface area contributed by atoms with Crippen molar-refractivity contribution in [2.45, 2.75) is 38.1 Å². The summed E-state index contributed by atoms with van der Waals surface area (Å²) in [6, 6.07) is 11.6. The lowest BCUT2D eigenvalue weighted by atomic mass is 9.86. The molecular weight excluding hydrogens is 232 g/mol. The highest BCUT2D eigenvalue weighted by Crippen LogP contribution is 2.24. The number of hydrogen-bond donors (Lipinski definition) is 1. The molecule has 19 heavy (non-hydrogen) atoms. The van der Waals surface area contributed by atoms with Crippen LogP contribution in [0.3, 0.4) is 0 Å². The number of likely N-dealkylation sites (N-methyl/N-ethyl adjacent to an activating group) is 1. The van der Waals surface area contributed by atoms with Gasteiger partial charge in [-0.15, -0.1) is 0 Å². The first-order chi connectivity index (χ1) is 9.28. The Hall–Kier alpha value is -0.860. The van der Waals surface area contributed by atoms with Crippen LogP contribution in [-0.4, -0.2) is 38.1 Å². The van der Waals surface area contributed by atoms with E-state index in [9.17, 15) is 0 Å². The summed E-state index contributed by atoms with van der Waals surface area (Å²) in [6.07, 6.45) is 6.66. The Balaban J connectivity index is 1.66. The van der Waals surface area contributed by atoms with Gasteiger partial charge in [0, 0.05) is 19.1 Å². The lowest BCUT2D eigenvalue weighted by molar-refractivity contribution is 0.217. The molecule has 1 aromatic carbocycles. The van der Waals surface area contributed by atoms with Crippen LogP contribution >= 0.6 is 0 Å². The Bertz CT molecular complexity index is 342. The number of benzene rings is 1. The standard InChI is InChI=1S/C17H28N2/c1-18-17-10-8-16(9-11-17)14-19(2)13-12-15-6-4-3-5-7-15/h3-7,16-18H,8-14H2,1-2H3. The van der Waals surface area contributed by atoms with Crippen LogP contribution in [0.25, 0.3) is 0 Å². The highest BCUT2D eigenvalue weighted by molar-refractivity contribution is 5.14. The normalized spacial score (nSPS) is 23.7. The minimum Gasteiger partial charge on any atom is -0.317 e. The Morgan fingerprint density at radius 2 is 1.79 bits per heavy atom. The van der Waals surface area contributed by atoms with Gasteiger partial charge < -0.3 is 10.2 Å². The van der Waals surface area contributed by atoms with Crippen molar-refractivity contribution >= 4 is 0 Å². The van der Waals surface area contributed by atoms with Crippen LogP contribution in [0.2, 0.25) is 0 Å². The van der Waals surface area contributed by atoms with E-state index in [1.807, 2.05) is 0 Å². The van der Waals surface area contributed by atoms with Gasteiger partial charge >= 0.3 is 0 Å². The summed E-state index contributed by atoms with van der Waals surface area (Å²) in [6.45, 7) is 2.44. The largest absolute Gasteiger partial charge is 0.317 e. The molecule has 0 heterocycles. The molecule has 0 spiro atoms. The molecule has 1 N–H and O–H groups in total. The van der Waals surface area contributed by atoms with E-state index in [0.717, 1.165) is 12.0 Å². The topological polar surface area (TPSA) is 15.3 Å². The van der Waals surface area contributed by atoms with E-state index < -0.39 is 0 Å². The maximum Gasteiger partial charge on any atom is 0.00642 e. The molecule has 0 radical (unpaired) electrons. The molecule has 2 nitrogen and oxygen atoms in total. The van der Waals surface area contributed by atoms with Gasteiger partial charge in [-0.2, -0.15) is 0 Å². The minimum atomic E-state index is 0.769. The average Bonchev–Trinajstić information content (AvgIpc) is 2.47. The molecule has 1 aromatic rings. The highest BCUT2D eigenvalue weighted by atomic mass is 15.1. The van der Waals surface area contributed by atoms with E-state index in [1.54, 1.807) is 0 Å². The number of nitrogens with one attached hydrogen (secondary N) is 1. The van der Waals surface area contributed by atoms with Crippen LogP contribution < -0.4 is 5.32 Å². The summed E-state index contributed by atoms with van der Waals surface area (Å²) in [5.41, 5.74) is 1.45. The molecule has 1 saturated carbocycles. The second-order valence-corrected chi connectivity index (χ2v) is 6.00. The fraction of sp³-hybridized carbons (Fsp3) is 0.647. The first-order valence-electron chi connectivity index (χ1n) is 7.67. The molecule has 106 valence electrons. The van der Waals surface area contributed by atoms with Gasteiger partial charge in [-0.3, -0.25) is 0 Å². The van der Waals surface area contributed by atoms with Crippen LogP contribution in [0.4, 0.5) is 0 Å². The van der Waals surface area contributed by atoms with Crippen molar-refractivity contribution in [3.8, 4) is 0 Å². The Morgan fingerprint density at radius 3 is 2.42 bits per heavy atom. The maximum absolute atomic E-state index is 3.41. The second kappa shape index (κ2) is 7.66. The fourth-order valence-electron chi connectivity index (χ4n) is 3.13. The van der Waals surface area contributed by atoms with E-state index in [0.29, 0.717) is 0 Å². The lowest BCUT2D eigenvalue weighted by Gasteiger charge is -2.31. The van der Waals surface area contributed by atoms with Crippen molar-refractivity contribution < 1.29 is 0 Å². The highest BCUT2D eigenvalue weighted by Gasteiger charge is 2.20. The fourth-order valence-corrected chi connectivity index (χ4v) is 3.13. The molecule has 0 aliphatic heterocycles. The molecule has 0 amide bonds. The third-order valence-corrected chi connectivity index (χ3v) is 4.45. The summed E-state index contributed by atoms with van der Waals surface area (Å²) < 4.78 is 0. The van der Waals surface area contributed by atoms with Crippen LogP contribution in [-0.2, 0) is 6.42 Å². The zero-order valence-corrected chi connectivity index (χ0v) is 12.4. The molecule has 1 aliphatic carbocycles. The zero-order valence-electron chi connectivity index (χ0n) is 12.4. The molecule has 0 aromatic heterocycles. The molecule has 2 heteroatoms. The number of nitrogens with zero attached hydrogens (tertiary/aromatic N) is 1. The Kier molecular flexibility index (Phi) is 5.87. The quantitative estimate of drug-likeness (QED) is 0.846. The van der Waals surface area contributed by atoms with Crippen molar-refractivity contribution in [2.75, 3.05) is 27.2 Å².